The van der Waals surface area contributed by atoms with Crippen LogP contribution in [0.25, 0.3) is 0 Å². The molecular formula is C7H5F4NS. The van der Waals surface area contributed by atoms with Crippen molar-refractivity contribution in [3.63, 3.8) is 0 Å². The highest BCUT2D eigenvalue weighted by Gasteiger charge is 2.34. The number of halogens is 4. The highest BCUT2D eigenvalue weighted by atomic mass is 32.1. The van der Waals surface area contributed by atoms with E-state index < -0.39 is 22.5 Å². The third-order valence-corrected chi connectivity index (χ3v) is 1.89. The van der Waals surface area contributed by atoms with E-state index in [1.165, 1.54) is 0 Å². The summed E-state index contributed by atoms with van der Waals surface area (Å²) >= 11 is 3.40. The third kappa shape index (κ3) is 1.88. The van der Waals surface area contributed by atoms with Crippen molar-refractivity contribution in [3.05, 3.63) is 23.5 Å². The molecular weight excluding hydrogens is 206 g/mol. The van der Waals surface area contributed by atoms with Crippen LogP contribution in [0.5, 0.6) is 0 Å². The largest absolute Gasteiger partial charge is 0.417 e. The molecule has 6 heteroatoms. The Labute approximate surface area is 77.0 Å². The van der Waals surface area contributed by atoms with Crippen molar-refractivity contribution in [2.75, 3.05) is 5.73 Å². The summed E-state index contributed by atoms with van der Waals surface area (Å²) in [6, 6.07) is 1.55. The number of nitrogens with two attached hydrogens (primary N) is 1. The van der Waals surface area contributed by atoms with Crippen LogP contribution in [0.3, 0.4) is 0 Å². The maximum absolute atomic E-state index is 12.8. The smallest absolute Gasteiger partial charge is 0.396 e. The fourth-order valence-electron chi connectivity index (χ4n) is 0.809. The lowest BCUT2D eigenvalue weighted by atomic mass is 10.2. The van der Waals surface area contributed by atoms with Gasteiger partial charge >= 0.3 is 6.18 Å². The van der Waals surface area contributed by atoms with E-state index in [0.29, 0.717) is 6.07 Å². The highest BCUT2D eigenvalue weighted by Crippen LogP contribution is 2.36. The van der Waals surface area contributed by atoms with Gasteiger partial charge in [0.2, 0.25) is 0 Å². The summed E-state index contributed by atoms with van der Waals surface area (Å²) in [4.78, 5) is -0.771. The van der Waals surface area contributed by atoms with E-state index in [1.807, 2.05) is 0 Å². The summed E-state index contributed by atoms with van der Waals surface area (Å²) in [5.41, 5.74) is 3.57. The first-order valence-electron chi connectivity index (χ1n) is 3.18. The Bertz CT molecular complexity index is 334. The number of alkyl halides is 3. The zero-order chi connectivity index (χ0) is 10.2. The summed E-state index contributed by atoms with van der Waals surface area (Å²) in [5, 5.41) is 0. The van der Waals surface area contributed by atoms with Crippen LogP contribution in [0.1, 0.15) is 5.56 Å². The van der Waals surface area contributed by atoms with Crippen LogP contribution < -0.4 is 5.73 Å². The molecule has 0 atom stereocenters. The minimum atomic E-state index is -4.61. The van der Waals surface area contributed by atoms with Gasteiger partial charge in [-0.05, 0) is 12.1 Å². The Hall–Kier alpha value is -0.910. The van der Waals surface area contributed by atoms with Crippen molar-refractivity contribution in [1.29, 1.82) is 0 Å². The normalized spacial score (nSPS) is 11.8. The predicted octanol–water partition coefficient (Wildman–Crippen LogP) is 2.72. The van der Waals surface area contributed by atoms with E-state index in [0.717, 1.165) is 6.07 Å². The van der Waals surface area contributed by atoms with Gasteiger partial charge in [0.1, 0.15) is 0 Å². The van der Waals surface area contributed by atoms with Gasteiger partial charge in [-0.25, -0.2) is 4.39 Å². The molecule has 0 aliphatic heterocycles. The first-order valence-corrected chi connectivity index (χ1v) is 3.63. The van der Waals surface area contributed by atoms with E-state index in [-0.39, 0.29) is 5.69 Å². The Kier molecular flexibility index (Phi) is 2.42. The molecule has 2 N–H and O–H groups in total. The Morgan fingerprint density at radius 2 is 1.77 bits per heavy atom. The summed E-state index contributed by atoms with van der Waals surface area (Å²) < 4.78 is 49.1. The van der Waals surface area contributed by atoms with Crippen LogP contribution in [-0.4, -0.2) is 0 Å². The Morgan fingerprint density at radius 3 is 2.23 bits per heavy atom. The Balaban J connectivity index is 3.35. The highest BCUT2D eigenvalue weighted by molar-refractivity contribution is 7.80. The van der Waals surface area contributed by atoms with Crippen LogP contribution in [-0.2, 0) is 6.18 Å². The molecule has 13 heavy (non-hydrogen) atoms. The average molecular weight is 211 g/mol. The quantitative estimate of drug-likeness (QED) is 0.385. The van der Waals surface area contributed by atoms with E-state index in [2.05, 4.69) is 12.6 Å². The zero-order valence-electron chi connectivity index (χ0n) is 6.19. The maximum atomic E-state index is 12.8. The molecule has 0 spiro atoms. The molecule has 1 nitrogen and oxygen atoms in total. The molecule has 0 radical (unpaired) electrons. The van der Waals surface area contributed by atoms with Gasteiger partial charge in [0.05, 0.1) is 16.1 Å². The monoisotopic (exact) mass is 211 g/mol. The van der Waals surface area contributed by atoms with Crippen molar-refractivity contribution in [2.45, 2.75) is 11.1 Å². The molecule has 0 aliphatic rings. The van der Waals surface area contributed by atoms with Crippen molar-refractivity contribution in [1.82, 2.24) is 0 Å². The van der Waals surface area contributed by atoms with E-state index in [1.54, 1.807) is 0 Å². The third-order valence-electron chi connectivity index (χ3n) is 1.45. The molecule has 1 rings (SSSR count). The molecule has 0 saturated carbocycles. The number of benzene rings is 1. The van der Waals surface area contributed by atoms with Gasteiger partial charge in [0.15, 0.2) is 5.82 Å². The van der Waals surface area contributed by atoms with Crippen LogP contribution in [0.4, 0.5) is 23.2 Å². The van der Waals surface area contributed by atoms with Gasteiger partial charge in [-0.15, -0.1) is 12.6 Å². The average Bonchev–Trinajstić information content (AvgIpc) is 1.98. The molecule has 0 fully saturated rings. The van der Waals surface area contributed by atoms with Crippen molar-refractivity contribution >= 4 is 18.3 Å². The lowest BCUT2D eigenvalue weighted by molar-refractivity contribution is -0.140. The van der Waals surface area contributed by atoms with E-state index in [4.69, 9.17) is 5.73 Å². The lowest BCUT2D eigenvalue weighted by Crippen LogP contribution is -2.08. The molecule has 0 heterocycles. The molecule has 0 bridgehead atoms. The zero-order valence-corrected chi connectivity index (χ0v) is 7.09. The van der Waals surface area contributed by atoms with Gasteiger partial charge in [-0.3, -0.25) is 0 Å². The van der Waals surface area contributed by atoms with Gasteiger partial charge in [0, 0.05) is 0 Å². The molecule has 0 saturated heterocycles. The topological polar surface area (TPSA) is 26.0 Å². The fourth-order valence-corrected chi connectivity index (χ4v) is 1.14. The van der Waals surface area contributed by atoms with Crippen LogP contribution in [0.2, 0.25) is 0 Å². The molecule has 0 unspecified atom stereocenters. The van der Waals surface area contributed by atoms with E-state index >= 15 is 0 Å². The summed E-state index contributed by atoms with van der Waals surface area (Å²) in [5.74, 6) is -1.14. The minimum absolute atomic E-state index is 0.349. The minimum Gasteiger partial charge on any atom is -0.396 e. The predicted molar refractivity (Wildman–Crippen MR) is 43.1 cm³/mol. The Morgan fingerprint density at radius 1 is 1.23 bits per heavy atom. The van der Waals surface area contributed by atoms with Gasteiger partial charge in [-0.2, -0.15) is 13.2 Å². The van der Waals surface area contributed by atoms with Gasteiger partial charge in [-0.1, -0.05) is 0 Å². The fraction of sp³-hybridized carbons (Fsp3) is 0.143. The van der Waals surface area contributed by atoms with Crippen molar-refractivity contribution in [2.24, 2.45) is 0 Å². The molecule has 0 aromatic heterocycles. The van der Waals surface area contributed by atoms with Gasteiger partial charge in [0.25, 0.3) is 0 Å². The number of hydrogen-bond donors (Lipinski definition) is 2. The molecule has 1 aromatic carbocycles. The first kappa shape index (κ1) is 10.2. The second-order valence-corrected chi connectivity index (χ2v) is 2.81. The van der Waals surface area contributed by atoms with Crippen LogP contribution in [0, 0.1) is 5.82 Å². The standard InChI is InChI=1S/C7H5F4NS/c8-5-4(12)2-1-3(6(5)13)7(9,10)11/h1-2,13H,12H2. The molecule has 0 aliphatic carbocycles. The second-order valence-electron chi connectivity index (χ2n) is 2.36. The second kappa shape index (κ2) is 3.10. The maximum Gasteiger partial charge on any atom is 0.417 e. The summed E-state index contributed by atoms with van der Waals surface area (Å²) in [6.45, 7) is 0. The number of anilines is 1. The van der Waals surface area contributed by atoms with Crippen LogP contribution in [0.15, 0.2) is 17.0 Å². The van der Waals surface area contributed by atoms with Crippen molar-refractivity contribution < 1.29 is 17.6 Å². The number of nitrogen functional groups attached to an aromatic ring is 1. The molecule has 1 aromatic rings. The number of thiol groups is 1. The molecule has 72 valence electrons. The number of hydrogen-bond acceptors (Lipinski definition) is 2. The van der Waals surface area contributed by atoms with Crippen LogP contribution >= 0.6 is 12.6 Å². The van der Waals surface area contributed by atoms with E-state index in [9.17, 15) is 17.6 Å². The van der Waals surface area contributed by atoms with Crippen molar-refractivity contribution in [3.8, 4) is 0 Å². The first-order chi connectivity index (χ1) is 5.84. The summed E-state index contributed by atoms with van der Waals surface area (Å²) in [6.07, 6.45) is -4.61. The molecule has 0 amide bonds. The van der Waals surface area contributed by atoms with Gasteiger partial charge < -0.3 is 5.73 Å². The lowest BCUT2D eigenvalue weighted by Gasteiger charge is -2.10. The SMILES string of the molecule is Nc1ccc(C(F)(F)F)c(S)c1F. The number of rotatable bonds is 0. The summed E-state index contributed by atoms with van der Waals surface area (Å²) in [7, 11) is 0.